The lowest BCUT2D eigenvalue weighted by atomic mass is 10.2. The van der Waals surface area contributed by atoms with Crippen LogP contribution >= 0.6 is 0 Å². The molecule has 0 amide bonds. The molecule has 0 fully saturated rings. The quantitative estimate of drug-likeness (QED) is 0.590. The zero-order chi connectivity index (χ0) is 6.69. The summed E-state index contributed by atoms with van der Waals surface area (Å²) in [7, 11) is 0. The predicted molar refractivity (Wildman–Crippen MR) is 37.4 cm³/mol. The van der Waals surface area contributed by atoms with E-state index >= 15 is 0 Å². The smallest absolute Gasteiger partial charge is 0.100 e. The Bertz CT molecular complexity index is 176. The van der Waals surface area contributed by atoms with E-state index in [1.807, 2.05) is 13.2 Å². The summed E-state index contributed by atoms with van der Waals surface area (Å²) in [5.74, 6) is 1.01. The molecule has 0 N–H and O–H groups in total. The van der Waals surface area contributed by atoms with Gasteiger partial charge in [0.15, 0.2) is 0 Å². The minimum Gasteiger partial charge on any atom is -0.469 e. The monoisotopic (exact) mass is 124 g/mol. The molecule has 1 rings (SSSR count). The SMILES string of the molecule is CCCc1coc(C)c1. The van der Waals surface area contributed by atoms with E-state index in [0.29, 0.717) is 0 Å². The summed E-state index contributed by atoms with van der Waals surface area (Å²) >= 11 is 0. The van der Waals surface area contributed by atoms with Crippen LogP contribution in [0.25, 0.3) is 0 Å². The van der Waals surface area contributed by atoms with Gasteiger partial charge in [-0.3, -0.25) is 0 Å². The molecule has 0 saturated heterocycles. The van der Waals surface area contributed by atoms with Gasteiger partial charge < -0.3 is 4.42 Å². The molecular formula is C8H12O. The summed E-state index contributed by atoms with van der Waals surface area (Å²) in [5, 5.41) is 0. The summed E-state index contributed by atoms with van der Waals surface area (Å²) < 4.78 is 5.12. The maximum absolute atomic E-state index is 5.12. The minimum atomic E-state index is 1.01. The standard InChI is InChI=1S/C8H12O/c1-3-4-8-5-7(2)9-6-8/h5-6H,3-4H2,1-2H3. The summed E-state index contributed by atoms with van der Waals surface area (Å²) in [4.78, 5) is 0. The van der Waals surface area contributed by atoms with Crippen molar-refractivity contribution in [1.82, 2.24) is 0 Å². The van der Waals surface area contributed by atoms with Gasteiger partial charge in [0.1, 0.15) is 5.76 Å². The first-order valence-corrected chi connectivity index (χ1v) is 3.37. The Morgan fingerprint density at radius 2 is 2.33 bits per heavy atom. The van der Waals surface area contributed by atoms with Crippen LogP contribution in [0.2, 0.25) is 0 Å². The Kier molecular flexibility index (Phi) is 1.93. The van der Waals surface area contributed by atoms with Gasteiger partial charge in [-0.2, -0.15) is 0 Å². The highest BCUT2D eigenvalue weighted by Gasteiger charge is 1.93. The molecule has 1 aromatic rings. The van der Waals surface area contributed by atoms with E-state index in [4.69, 9.17) is 4.42 Å². The summed E-state index contributed by atoms with van der Waals surface area (Å²) in [6.07, 6.45) is 4.16. The number of rotatable bonds is 2. The number of hydrogen-bond donors (Lipinski definition) is 0. The minimum absolute atomic E-state index is 1.01. The van der Waals surface area contributed by atoms with Gasteiger partial charge in [-0.25, -0.2) is 0 Å². The first-order chi connectivity index (χ1) is 4.33. The van der Waals surface area contributed by atoms with E-state index in [1.165, 1.54) is 12.0 Å². The molecule has 0 unspecified atom stereocenters. The third-order valence-corrected chi connectivity index (χ3v) is 1.32. The van der Waals surface area contributed by atoms with Crippen molar-refractivity contribution in [2.24, 2.45) is 0 Å². The van der Waals surface area contributed by atoms with Crippen molar-refractivity contribution < 1.29 is 4.42 Å². The molecule has 0 saturated carbocycles. The lowest BCUT2D eigenvalue weighted by Gasteiger charge is -1.84. The van der Waals surface area contributed by atoms with Crippen LogP contribution in [0.3, 0.4) is 0 Å². The fourth-order valence-corrected chi connectivity index (χ4v) is 0.918. The van der Waals surface area contributed by atoms with Crippen LogP contribution in [0, 0.1) is 6.92 Å². The molecule has 1 heterocycles. The number of furan rings is 1. The fourth-order valence-electron chi connectivity index (χ4n) is 0.918. The Labute approximate surface area is 55.7 Å². The van der Waals surface area contributed by atoms with E-state index in [1.54, 1.807) is 0 Å². The maximum Gasteiger partial charge on any atom is 0.100 e. The van der Waals surface area contributed by atoms with E-state index in [2.05, 4.69) is 13.0 Å². The molecule has 0 spiro atoms. The third kappa shape index (κ3) is 1.60. The highest BCUT2D eigenvalue weighted by Crippen LogP contribution is 2.07. The normalized spacial score (nSPS) is 10.0. The van der Waals surface area contributed by atoms with E-state index in [0.717, 1.165) is 12.2 Å². The Morgan fingerprint density at radius 3 is 2.78 bits per heavy atom. The summed E-state index contributed by atoms with van der Waals surface area (Å²) in [5.41, 5.74) is 1.31. The second-order valence-corrected chi connectivity index (χ2v) is 2.32. The van der Waals surface area contributed by atoms with Crippen molar-refractivity contribution in [2.75, 3.05) is 0 Å². The zero-order valence-corrected chi connectivity index (χ0v) is 5.98. The summed E-state index contributed by atoms with van der Waals surface area (Å²) in [6, 6.07) is 2.09. The molecule has 0 aromatic carbocycles. The molecule has 0 aliphatic carbocycles. The second-order valence-electron chi connectivity index (χ2n) is 2.32. The largest absolute Gasteiger partial charge is 0.469 e. The van der Waals surface area contributed by atoms with Crippen LogP contribution < -0.4 is 0 Å². The molecule has 1 nitrogen and oxygen atoms in total. The average Bonchev–Trinajstić information content (AvgIpc) is 2.17. The van der Waals surface area contributed by atoms with Crippen LogP contribution in [-0.4, -0.2) is 0 Å². The molecule has 0 radical (unpaired) electrons. The van der Waals surface area contributed by atoms with Crippen molar-refractivity contribution in [3.8, 4) is 0 Å². The highest BCUT2D eigenvalue weighted by atomic mass is 16.3. The first kappa shape index (κ1) is 6.40. The summed E-state index contributed by atoms with van der Waals surface area (Å²) in [6.45, 7) is 4.14. The molecule has 0 bridgehead atoms. The van der Waals surface area contributed by atoms with E-state index in [-0.39, 0.29) is 0 Å². The lowest BCUT2D eigenvalue weighted by molar-refractivity contribution is 0.531. The van der Waals surface area contributed by atoms with Crippen molar-refractivity contribution in [2.45, 2.75) is 26.7 Å². The van der Waals surface area contributed by atoms with E-state index < -0.39 is 0 Å². The van der Waals surface area contributed by atoms with Gasteiger partial charge in [0.05, 0.1) is 6.26 Å². The topological polar surface area (TPSA) is 13.1 Å². The van der Waals surface area contributed by atoms with Crippen molar-refractivity contribution >= 4 is 0 Å². The van der Waals surface area contributed by atoms with Gasteiger partial charge >= 0.3 is 0 Å². The highest BCUT2D eigenvalue weighted by molar-refractivity contribution is 5.11. The first-order valence-electron chi connectivity index (χ1n) is 3.37. The second kappa shape index (κ2) is 2.72. The van der Waals surface area contributed by atoms with Crippen LogP contribution in [-0.2, 0) is 6.42 Å². The molecule has 1 heteroatoms. The van der Waals surface area contributed by atoms with Crippen LogP contribution in [0.5, 0.6) is 0 Å². The van der Waals surface area contributed by atoms with Gasteiger partial charge in [-0.15, -0.1) is 0 Å². The van der Waals surface area contributed by atoms with Gasteiger partial charge in [0.25, 0.3) is 0 Å². The predicted octanol–water partition coefficient (Wildman–Crippen LogP) is 2.54. The number of hydrogen-bond acceptors (Lipinski definition) is 1. The maximum atomic E-state index is 5.12. The number of aryl methyl sites for hydroxylation is 2. The molecule has 0 aliphatic rings. The average molecular weight is 124 g/mol. The van der Waals surface area contributed by atoms with Crippen LogP contribution in [0.1, 0.15) is 24.7 Å². The van der Waals surface area contributed by atoms with Crippen molar-refractivity contribution in [3.05, 3.63) is 23.7 Å². The van der Waals surface area contributed by atoms with Crippen molar-refractivity contribution in [3.63, 3.8) is 0 Å². The zero-order valence-electron chi connectivity index (χ0n) is 5.98. The molecule has 50 valence electrons. The van der Waals surface area contributed by atoms with Gasteiger partial charge in [0.2, 0.25) is 0 Å². The molecular weight excluding hydrogens is 112 g/mol. The third-order valence-electron chi connectivity index (χ3n) is 1.32. The van der Waals surface area contributed by atoms with Gasteiger partial charge in [-0.05, 0) is 25.0 Å². The Hall–Kier alpha value is -0.720. The molecule has 1 aromatic heterocycles. The molecule has 0 aliphatic heterocycles. The van der Waals surface area contributed by atoms with Crippen LogP contribution in [0.4, 0.5) is 0 Å². The lowest BCUT2D eigenvalue weighted by Crippen LogP contribution is -1.74. The Morgan fingerprint density at radius 1 is 1.56 bits per heavy atom. The van der Waals surface area contributed by atoms with Crippen LogP contribution in [0.15, 0.2) is 16.7 Å². The van der Waals surface area contributed by atoms with Gasteiger partial charge in [-0.1, -0.05) is 13.3 Å². The molecule has 0 atom stereocenters. The van der Waals surface area contributed by atoms with E-state index in [9.17, 15) is 0 Å². The van der Waals surface area contributed by atoms with Crippen molar-refractivity contribution in [1.29, 1.82) is 0 Å². The fraction of sp³-hybridized carbons (Fsp3) is 0.500. The Balaban J connectivity index is 2.61. The van der Waals surface area contributed by atoms with Gasteiger partial charge in [0, 0.05) is 0 Å². The molecule has 9 heavy (non-hydrogen) atoms.